The van der Waals surface area contributed by atoms with Crippen LogP contribution in [0, 0.1) is 12.3 Å². The normalized spacial score (nSPS) is 13.8. The molecule has 2 aliphatic carbocycles. The Morgan fingerprint density at radius 2 is 1.11 bits per heavy atom. The first kappa shape index (κ1) is 40.3. The Bertz CT molecular complexity index is 3150. The number of benzene rings is 9. The van der Waals surface area contributed by atoms with Crippen LogP contribution in [0.25, 0.3) is 38.2 Å². The van der Waals surface area contributed by atoms with E-state index in [4.69, 9.17) is 16.9 Å². The van der Waals surface area contributed by atoms with Gasteiger partial charge in [0.25, 0.3) is 0 Å². The number of para-hydroxylation sites is 1. The molecule has 0 saturated carbocycles. The van der Waals surface area contributed by atoms with Crippen molar-refractivity contribution >= 4 is 50.0 Å². The largest absolute Gasteiger partial charge is 0.384 e. The molecule has 310 valence electrons. The highest BCUT2D eigenvalue weighted by molar-refractivity contribution is 6.04. The molecule has 4 nitrogen and oxygen atoms in total. The molecule has 9 aromatic carbocycles. The lowest BCUT2D eigenvalue weighted by molar-refractivity contribution is 0.689. The van der Waals surface area contributed by atoms with E-state index in [0.717, 1.165) is 24.0 Å². The number of rotatable bonds is 4. The van der Waals surface area contributed by atoms with Gasteiger partial charge >= 0.3 is 0 Å². The number of amidine groups is 1. The maximum absolute atomic E-state index is 7.01. The van der Waals surface area contributed by atoms with Gasteiger partial charge in [-0.1, -0.05) is 175 Å². The minimum atomic E-state index is -0.457. The summed E-state index contributed by atoms with van der Waals surface area (Å²) in [5, 5.41) is 12.0. The second kappa shape index (κ2) is 17.2. The lowest BCUT2D eigenvalue weighted by atomic mass is 9.62. The first-order valence-electron chi connectivity index (χ1n) is 22.1. The molecule has 0 bridgehead atoms. The van der Waals surface area contributed by atoms with E-state index in [9.17, 15) is 0 Å². The molecule has 1 spiro atoms. The molecule has 1 heterocycles. The van der Waals surface area contributed by atoms with E-state index in [0.29, 0.717) is 6.54 Å². The summed E-state index contributed by atoms with van der Waals surface area (Å²) in [6.45, 7) is 2.61. The van der Waals surface area contributed by atoms with E-state index in [2.05, 4.69) is 182 Å². The monoisotopic (exact) mass is 826 g/mol. The number of nitrogens with one attached hydrogen (secondary N) is 1. The summed E-state index contributed by atoms with van der Waals surface area (Å²) >= 11 is 0. The molecule has 12 rings (SSSR count). The zero-order valence-corrected chi connectivity index (χ0v) is 36.0. The molecule has 64 heavy (non-hydrogen) atoms. The molecule has 9 aromatic rings. The minimum Gasteiger partial charge on any atom is -0.384 e. The second-order valence-electron chi connectivity index (χ2n) is 16.8. The van der Waals surface area contributed by atoms with Gasteiger partial charge < -0.3 is 16.4 Å². The van der Waals surface area contributed by atoms with E-state index in [-0.39, 0.29) is 5.84 Å². The standard InChI is InChI=1S/C46H34N2.C7H8N2.C7H8/c47-29-30-11-10-16-31(23-30)36-21-22-39-38-19-8-9-20-40(38)46(41(39)24-36)42-25-32-12-4-6-14-34(32)27-44(42)48(37-17-2-1-3-18-37)45-28-35-15-7-5-13-33(35)26-43(45)46;8-7(9)6-4-2-1-3-5-6;1-7-5-3-2-4-6-7/h1-8,10-19,21-28H,9,20,29,47H2;1-5H,(H3,8,9);2-6H,1H3. The number of allylic oxidation sites excluding steroid dienone is 4. The summed E-state index contributed by atoms with van der Waals surface area (Å²) < 4.78 is 0. The molecule has 5 N–H and O–H groups in total. The maximum atomic E-state index is 7.01. The molecule has 0 aromatic heterocycles. The van der Waals surface area contributed by atoms with Crippen molar-refractivity contribution in [1.29, 1.82) is 5.41 Å². The van der Waals surface area contributed by atoms with Gasteiger partial charge in [0.1, 0.15) is 5.84 Å². The van der Waals surface area contributed by atoms with E-state index < -0.39 is 5.41 Å². The predicted molar refractivity (Wildman–Crippen MR) is 270 cm³/mol. The maximum Gasteiger partial charge on any atom is 0.122 e. The van der Waals surface area contributed by atoms with Gasteiger partial charge in [0, 0.05) is 17.8 Å². The number of aryl methyl sites for hydroxylation is 1. The van der Waals surface area contributed by atoms with Crippen LogP contribution < -0.4 is 16.4 Å². The van der Waals surface area contributed by atoms with Crippen molar-refractivity contribution in [3.05, 3.63) is 263 Å². The van der Waals surface area contributed by atoms with Gasteiger partial charge in [0.2, 0.25) is 0 Å². The van der Waals surface area contributed by atoms with Crippen LogP contribution in [0.2, 0.25) is 0 Å². The van der Waals surface area contributed by atoms with Crippen LogP contribution in [0.1, 0.15) is 51.8 Å². The fraction of sp³-hybridized carbons (Fsp3) is 0.0833. The van der Waals surface area contributed by atoms with Gasteiger partial charge in [0.05, 0.1) is 16.8 Å². The molecule has 4 heteroatoms. The van der Waals surface area contributed by atoms with Gasteiger partial charge in [-0.05, 0) is 140 Å². The Balaban J connectivity index is 0.000000255. The molecule has 0 fully saturated rings. The van der Waals surface area contributed by atoms with E-state index in [1.54, 1.807) is 0 Å². The highest BCUT2D eigenvalue weighted by Gasteiger charge is 2.53. The summed E-state index contributed by atoms with van der Waals surface area (Å²) in [5.41, 5.74) is 28.5. The molecule has 3 aliphatic rings. The Hall–Kier alpha value is -7.79. The van der Waals surface area contributed by atoms with Crippen LogP contribution in [-0.2, 0) is 12.0 Å². The summed E-state index contributed by atoms with van der Waals surface area (Å²) in [6.07, 6.45) is 6.81. The summed E-state index contributed by atoms with van der Waals surface area (Å²) in [7, 11) is 0. The third kappa shape index (κ3) is 7.18. The Labute approximate surface area is 376 Å². The topological polar surface area (TPSA) is 79.1 Å². The lowest BCUT2D eigenvalue weighted by Crippen LogP contribution is -2.37. The minimum absolute atomic E-state index is 0.121. The number of fused-ring (bicyclic) bond motifs is 10. The fourth-order valence-electron chi connectivity index (χ4n) is 9.94. The zero-order chi connectivity index (χ0) is 43.6. The van der Waals surface area contributed by atoms with Crippen LogP contribution in [0.5, 0.6) is 0 Å². The Morgan fingerprint density at radius 3 is 1.66 bits per heavy atom. The fourth-order valence-corrected chi connectivity index (χ4v) is 9.94. The van der Waals surface area contributed by atoms with Crippen LogP contribution in [-0.4, -0.2) is 5.84 Å². The number of nitrogen functional groups attached to an aromatic ring is 1. The third-order valence-electron chi connectivity index (χ3n) is 12.9. The molecule has 0 unspecified atom stereocenters. The number of hydrogen-bond donors (Lipinski definition) is 3. The second-order valence-corrected chi connectivity index (χ2v) is 16.8. The molecule has 0 amide bonds. The SMILES string of the molecule is Cc1ccccc1.N=C(N)c1ccccc1.NCc1cccc(-c2ccc3c(c2)C2(C4=C3C=CCC4)c3cc4ccccc4cc3N(c3ccccc3)c3cc4ccccc4cc32)c1. The van der Waals surface area contributed by atoms with E-state index in [1.807, 2.05) is 48.5 Å². The lowest BCUT2D eigenvalue weighted by Gasteiger charge is -2.46. The van der Waals surface area contributed by atoms with Crippen LogP contribution >= 0.6 is 0 Å². The van der Waals surface area contributed by atoms with Crippen molar-refractivity contribution in [2.24, 2.45) is 11.5 Å². The molecular formula is C60H50N4. The van der Waals surface area contributed by atoms with Crippen molar-refractivity contribution in [3.63, 3.8) is 0 Å². The molecule has 0 atom stereocenters. The average molecular weight is 827 g/mol. The highest BCUT2D eigenvalue weighted by atomic mass is 15.2. The van der Waals surface area contributed by atoms with E-state index >= 15 is 0 Å². The van der Waals surface area contributed by atoms with Gasteiger partial charge in [-0.15, -0.1) is 0 Å². The summed E-state index contributed by atoms with van der Waals surface area (Å²) in [6, 6.07) is 73.8. The molecule has 1 aliphatic heterocycles. The van der Waals surface area contributed by atoms with Crippen LogP contribution in [0.4, 0.5) is 17.1 Å². The summed E-state index contributed by atoms with van der Waals surface area (Å²) in [5.74, 6) is 0.121. The van der Waals surface area contributed by atoms with Crippen LogP contribution in [0.3, 0.4) is 0 Å². The predicted octanol–water partition coefficient (Wildman–Crippen LogP) is 14.3. The van der Waals surface area contributed by atoms with Crippen molar-refractivity contribution in [1.82, 2.24) is 0 Å². The molecular weight excluding hydrogens is 777 g/mol. The van der Waals surface area contributed by atoms with Gasteiger partial charge in [-0.25, -0.2) is 0 Å². The third-order valence-corrected chi connectivity index (χ3v) is 12.9. The van der Waals surface area contributed by atoms with Gasteiger partial charge in [0.15, 0.2) is 0 Å². The first-order chi connectivity index (χ1) is 31.4. The number of anilines is 3. The van der Waals surface area contributed by atoms with Crippen molar-refractivity contribution in [3.8, 4) is 11.1 Å². The average Bonchev–Trinajstić information content (AvgIpc) is 3.64. The Morgan fingerprint density at radius 1 is 0.562 bits per heavy atom. The van der Waals surface area contributed by atoms with E-state index in [1.165, 1.54) is 88.7 Å². The van der Waals surface area contributed by atoms with Gasteiger partial charge in [-0.2, -0.15) is 0 Å². The first-order valence-corrected chi connectivity index (χ1v) is 22.1. The zero-order valence-electron chi connectivity index (χ0n) is 36.0. The van der Waals surface area contributed by atoms with Gasteiger partial charge in [-0.3, -0.25) is 5.41 Å². The molecule has 0 radical (unpaired) electrons. The molecule has 0 saturated heterocycles. The van der Waals surface area contributed by atoms with Crippen LogP contribution in [0.15, 0.2) is 224 Å². The summed E-state index contributed by atoms with van der Waals surface area (Å²) in [4.78, 5) is 2.51. The smallest absolute Gasteiger partial charge is 0.122 e. The Kier molecular flexibility index (Phi) is 10.8. The van der Waals surface area contributed by atoms with Crippen molar-refractivity contribution in [2.75, 3.05) is 4.90 Å². The number of hydrogen-bond acceptors (Lipinski definition) is 3. The quantitative estimate of drug-likeness (QED) is 0.122. The van der Waals surface area contributed by atoms with Crippen molar-refractivity contribution in [2.45, 2.75) is 31.7 Å². The number of nitrogens with zero attached hydrogens (tertiary/aromatic N) is 1. The number of nitrogens with two attached hydrogens (primary N) is 2. The highest BCUT2D eigenvalue weighted by Crippen LogP contribution is 2.65. The van der Waals surface area contributed by atoms with Crippen molar-refractivity contribution < 1.29 is 0 Å².